The summed E-state index contributed by atoms with van der Waals surface area (Å²) in [5.41, 5.74) is -0.105. The molecule has 8 heteroatoms. The number of amides is 2. The Hall–Kier alpha value is -2.90. The number of hydrogen-bond acceptors (Lipinski definition) is 7. The molecule has 0 N–H and O–H groups in total. The van der Waals surface area contributed by atoms with Gasteiger partial charge in [0.15, 0.2) is 6.04 Å². The molecule has 25 heavy (non-hydrogen) atoms. The summed E-state index contributed by atoms with van der Waals surface area (Å²) in [4.78, 5) is 48.0. The molecule has 1 atom stereocenters. The number of carbonyl (C=O) groups is 4. The van der Waals surface area contributed by atoms with Crippen molar-refractivity contribution in [2.45, 2.75) is 45.4 Å². The SMILES string of the molecule is CC(C)(C)OC(=O)N1C(=O)OC(=O)C1CC(=O)OCc1ccccc1. The summed E-state index contributed by atoms with van der Waals surface area (Å²) in [6.45, 7) is 4.84. The van der Waals surface area contributed by atoms with Crippen LogP contribution in [-0.4, -0.2) is 40.7 Å². The third-order valence-corrected chi connectivity index (χ3v) is 3.16. The van der Waals surface area contributed by atoms with E-state index in [0.717, 1.165) is 5.56 Å². The highest BCUT2D eigenvalue weighted by Gasteiger charge is 2.48. The monoisotopic (exact) mass is 349 g/mol. The standard InChI is InChI=1S/C17H19NO7/c1-17(2,3)25-16(22)18-12(14(20)24-15(18)21)9-13(19)23-10-11-7-5-4-6-8-11/h4-8,12H,9-10H2,1-3H3. The molecule has 1 unspecified atom stereocenters. The van der Waals surface area contributed by atoms with E-state index in [9.17, 15) is 19.2 Å². The van der Waals surface area contributed by atoms with Crippen molar-refractivity contribution in [3.05, 3.63) is 35.9 Å². The van der Waals surface area contributed by atoms with Gasteiger partial charge >= 0.3 is 24.1 Å². The molecular weight excluding hydrogens is 330 g/mol. The van der Waals surface area contributed by atoms with Gasteiger partial charge in [-0.05, 0) is 26.3 Å². The molecule has 0 radical (unpaired) electrons. The lowest BCUT2D eigenvalue weighted by molar-refractivity contribution is -0.149. The molecular formula is C17H19NO7. The average Bonchev–Trinajstić information content (AvgIpc) is 2.78. The van der Waals surface area contributed by atoms with Crippen LogP contribution in [0.4, 0.5) is 9.59 Å². The fourth-order valence-corrected chi connectivity index (χ4v) is 2.08. The molecule has 1 heterocycles. The largest absolute Gasteiger partial charge is 0.461 e. The van der Waals surface area contributed by atoms with Gasteiger partial charge in [-0.1, -0.05) is 30.3 Å². The number of hydrogen-bond donors (Lipinski definition) is 0. The number of esters is 2. The van der Waals surface area contributed by atoms with Gasteiger partial charge in [0.2, 0.25) is 0 Å². The fourth-order valence-electron chi connectivity index (χ4n) is 2.08. The van der Waals surface area contributed by atoms with Crippen molar-refractivity contribution in [1.82, 2.24) is 4.90 Å². The van der Waals surface area contributed by atoms with Gasteiger partial charge in [0, 0.05) is 0 Å². The second-order valence-electron chi connectivity index (χ2n) is 6.40. The number of cyclic esters (lactones) is 2. The van der Waals surface area contributed by atoms with Crippen LogP contribution in [0.2, 0.25) is 0 Å². The van der Waals surface area contributed by atoms with Crippen LogP contribution >= 0.6 is 0 Å². The van der Waals surface area contributed by atoms with Gasteiger partial charge in [-0.2, -0.15) is 4.90 Å². The van der Waals surface area contributed by atoms with Crippen molar-refractivity contribution in [2.24, 2.45) is 0 Å². The Bertz CT molecular complexity index is 678. The summed E-state index contributed by atoms with van der Waals surface area (Å²) < 4.78 is 14.6. The molecule has 1 aliphatic rings. The molecule has 2 amide bonds. The first-order chi connectivity index (χ1) is 11.7. The average molecular weight is 349 g/mol. The summed E-state index contributed by atoms with van der Waals surface area (Å²) in [5, 5.41) is 0. The number of imide groups is 1. The van der Waals surface area contributed by atoms with Crippen LogP contribution in [0.15, 0.2) is 30.3 Å². The van der Waals surface area contributed by atoms with E-state index in [1.807, 2.05) is 6.07 Å². The fraction of sp³-hybridized carbons (Fsp3) is 0.412. The summed E-state index contributed by atoms with van der Waals surface area (Å²) in [7, 11) is 0. The van der Waals surface area contributed by atoms with Crippen LogP contribution in [0, 0.1) is 0 Å². The molecule has 1 fully saturated rings. The van der Waals surface area contributed by atoms with Crippen LogP contribution in [0.25, 0.3) is 0 Å². The molecule has 0 spiro atoms. The van der Waals surface area contributed by atoms with Gasteiger partial charge in [0.1, 0.15) is 12.2 Å². The molecule has 1 aliphatic heterocycles. The molecule has 0 bridgehead atoms. The van der Waals surface area contributed by atoms with Crippen molar-refractivity contribution in [1.29, 1.82) is 0 Å². The maximum atomic E-state index is 12.1. The Balaban J connectivity index is 1.99. The molecule has 2 rings (SSSR count). The molecule has 0 saturated carbocycles. The normalized spacial score (nSPS) is 17.2. The van der Waals surface area contributed by atoms with Crippen LogP contribution in [-0.2, 0) is 30.4 Å². The minimum Gasteiger partial charge on any atom is -0.461 e. The van der Waals surface area contributed by atoms with Gasteiger partial charge in [0.05, 0.1) is 6.42 Å². The minimum atomic E-state index is -1.40. The van der Waals surface area contributed by atoms with Gasteiger partial charge in [-0.15, -0.1) is 0 Å². The van der Waals surface area contributed by atoms with E-state index in [4.69, 9.17) is 9.47 Å². The Kier molecular flexibility index (Phi) is 5.41. The number of nitrogens with zero attached hydrogens (tertiary/aromatic N) is 1. The Morgan fingerprint density at radius 1 is 1.16 bits per heavy atom. The minimum absolute atomic E-state index is 0.0157. The second kappa shape index (κ2) is 7.33. The van der Waals surface area contributed by atoms with Gasteiger partial charge < -0.3 is 14.2 Å². The zero-order valence-corrected chi connectivity index (χ0v) is 14.2. The lowest BCUT2D eigenvalue weighted by Gasteiger charge is -2.24. The summed E-state index contributed by atoms with van der Waals surface area (Å²) in [6.07, 6.45) is -2.72. The first-order valence-electron chi connectivity index (χ1n) is 7.65. The Labute approximate surface area is 144 Å². The molecule has 1 aromatic rings. The lowest BCUT2D eigenvalue weighted by atomic mass is 10.2. The summed E-state index contributed by atoms with van der Waals surface area (Å²) in [6, 6.07) is 7.55. The number of ether oxygens (including phenoxy) is 3. The number of benzene rings is 1. The van der Waals surface area contributed by atoms with Gasteiger partial charge in [0.25, 0.3) is 0 Å². The van der Waals surface area contributed by atoms with Gasteiger partial charge in [-0.25, -0.2) is 14.4 Å². The third-order valence-electron chi connectivity index (χ3n) is 3.16. The Morgan fingerprint density at radius 2 is 1.80 bits per heavy atom. The quantitative estimate of drug-likeness (QED) is 0.467. The summed E-state index contributed by atoms with van der Waals surface area (Å²) in [5.74, 6) is -1.73. The van der Waals surface area contributed by atoms with Gasteiger partial charge in [-0.3, -0.25) is 4.79 Å². The van der Waals surface area contributed by atoms with Crippen LogP contribution in [0.5, 0.6) is 0 Å². The lowest BCUT2D eigenvalue weighted by Crippen LogP contribution is -2.44. The second-order valence-corrected chi connectivity index (χ2v) is 6.40. The zero-order chi connectivity index (χ0) is 18.6. The molecule has 134 valence electrons. The molecule has 1 aromatic carbocycles. The van der Waals surface area contributed by atoms with Crippen LogP contribution in [0.1, 0.15) is 32.8 Å². The highest BCUT2D eigenvalue weighted by Crippen LogP contribution is 2.21. The van der Waals surface area contributed by atoms with Crippen LogP contribution in [0.3, 0.4) is 0 Å². The predicted molar refractivity (Wildman–Crippen MR) is 84.2 cm³/mol. The predicted octanol–water partition coefficient (Wildman–Crippen LogP) is 2.40. The van der Waals surface area contributed by atoms with Crippen molar-refractivity contribution in [3.63, 3.8) is 0 Å². The van der Waals surface area contributed by atoms with Crippen LogP contribution < -0.4 is 0 Å². The summed E-state index contributed by atoms with van der Waals surface area (Å²) >= 11 is 0. The van der Waals surface area contributed by atoms with E-state index in [1.165, 1.54) is 0 Å². The van der Waals surface area contributed by atoms with Crippen molar-refractivity contribution in [2.75, 3.05) is 0 Å². The maximum Gasteiger partial charge on any atom is 0.427 e. The van der Waals surface area contributed by atoms with E-state index in [1.54, 1.807) is 45.0 Å². The zero-order valence-electron chi connectivity index (χ0n) is 14.2. The number of rotatable bonds is 4. The third kappa shape index (κ3) is 5.03. The molecule has 0 aromatic heterocycles. The molecule has 0 aliphatic carbocycles. The highest BCUT2D eigenvalue weighted by atomic mass is 16.6. The van der Waals surface area contributed by atoms with Crippen molar-refractivity contribution < 1.29 is 33.4 Å². The highest BCUT2D eigenvalue weighted by molar-refractivity contribution is 6.05. The van der Waals surface area contributed by atoms with E-state index in [0.29, 0.717) is 4.90 Å². The maximum absolute atomic E-state index is 12.1. The van der Waals surface area contributed by atoms with E-state index < -0.39 is 42.2 Å². The first kappa shape index (κ1) is 18.4. The molecule has 8 nitrogen and oxygen atoms in total. The molecule has 1 saturated heterocycles. The van der Waals surface area contributed by atoms with E-state index in [-0.39, 0.29) is 6.61 Å². The van der Waals surface area contributed by atoms with Crippen molar-refractivity contribution in [3.8, 4) is 0 Å². The Morgan fingerprint density at radius 3 is 2.40 bits per heavy atom. The smallest absolute Gasteiger partial charge is 0.427 e. The topological polar surface area (TPSA) is 99.2 Å². The van der Waals surface area contributed by atoms with E-state index in [2.05, 4.69) is 4.74 Å². The van der Waals surface area contributed by atoms with E-state index >= 15 is 0 Å². The first-order valence-corrected chi connectivity index (χ1v) is 7.65. The van der Waals surface area contributed by atoms with Crippen molar-refractivity contribution >= 4 is 24.1 Å². The number of carbonyl (C=O) groups excluding carboxylic acids is 4.